The van der Waals surface area contributed by atoms with Gasteiger partial charge < -0.3 is 15.4 Å². The second-order valence-electron chi connectivity index (χ2n) is 5.93. The van der Waals surface area contributed by atoms with E-state index in [2.05, 4.69) is 10.6 Å². The number of benzene rings is 2. The van der Waals surface area contributed by atoms with Gasteiger partial charge in [0.25, 0.3) is 17.5 Å². The van der Waals surface area contributed by atoms with Gasteiger partial charge in [-0.3, -0.25) is 24.5 Å². The zero-order valence-electron chi connectivity index (χ0n) is 15.1. The maximum Gasteiger partial charge on any atom is 0.308 e. The van der Waals surface area contributed by atoms with Gasteiger partial charge >= 0.3 is 5.97 Å². The van der Waals surface area contributed by atoms with E-state index in [4.69, 9.17) is 4.74 Å². The Labute approximate surface area is 160 Å². The first-order valence-electron chi connectivity index (χ1n) is 8.41. The third-order valence-electron chi connectivity index (χ3n) is 3.63. The fourth-order valence-corrected chi connectivity index (χ4v) is 2.33. The molecule has 9 heteroatoms. The summed E-state index contributed by atoms with van der Waals surface area (Å²) < 4.78 is 4.86. The molecule has 1 atom stereocenters. The summed E-state index contributed by atoms with van der Waals surface area (Å²) in [5.41, 5.74) is 0.211. The Bertz CT molecular complexity index is 869. The maximum absolute atomic E-state index is 12.0. The fraction of sp³-hybridized carbons (Fsp3) is 0.211. The minimum Gasteiger partial charge on any atom is -0.455 e. The minimum atomic E-state index is -0.705. The third-order valence-corrected chi connectivity index (χ3v) is 3.63. The number of carbonyl (C=O) groups excluding carboxylic acids is 3. The Morgan fingerprint density at radius 2 is 1.71 bits per heavy atom. The molecule has 9 nitrogen and oxygen atoms in total. The maximum atomic E-state index is 12.0. The Kier molecular flexibility index (Phi) is 7.21. The third kappa shape index (κ3) is 6.20. The summed E-state index contributed by atoms with van der Waals surface area (Å²) in [5, 5.41) is 15.9. The molecule has 146 valence electrons. The lowest BCUT2D eigenvalue weighted by Gasteiger charge is -2.13. The van der Waals surface area contributed by atoms with Crippen LogP contribution in [0.1, 0.15) is 23.7 Å². The average molecular weight is 385 g/mol. The Morgan fingerprint density at radius 3 is 2.39 bits per heavy atom. The number of esters is 1. The van der Waals surface area contributed by atoms with Crippen molar-refractivity contribution in [3.05, 3.63) is 70.3 Å². The molecule has 0 bridgehead atoms. The predicted molar refractivity (Wildman–Crippen MR) is 101 cm³/mol. The van der Waals surface area contributed by atoms with Gasteiger partial charge in [0.15, 0.2) is 6.61 Å². The number of nitro groups is 1. The van der Waals surface area contributed by atoms with E-state index in [9.17, 15) is 24.5 Å². The van der Waals surface area contributed by atoms with Crippen LogP contribution in [0, 0.1) is 10.1 Å². The van der Waals surface area contributed by atoms with E-state index in [1.807, 2.05) is 0 Å². The van der Waals surface area contributed by atoms with E-state index in [0.717, 1.165) is 0 Å². The van der Waals surface area contributed by atoms with Gasteiger partial charge in [0.2, 0.25) is 0 Å². The van der Waals surface area contributed by atoms with Crippen molar-refractivity contribution in [1.82, 2.24) is 5.32 Å². The molecule has 1 unspecified atom stereocenters. The number of carbonyl (C=O) groups is 3. The molecule has 2 aromatic rings. The second-order valence-corrected chi connectivity index (χ2v) is 5.93. The van der Waals surface area contributed by atoms with Gasteiger partial charge in [0.05, 0.1) is 11.3 Å². The lowest BCUT2D eigenvalue weighted by molar-refractivity contribution is -0.383. The van der Waals surface area contributed by atoms with Crippen molar-refractivity contribution in [2.75, 3.05) is 11.9 Å². The molecule has 0 aliphatic heterocycles. The first-order valence-corrected chi connectivity index (χ1v) is 8.41. The molecule has 0 fully saturated rings. The molecule has 0 saturated carbocycles. The van der Waals surface area contributed by atoms with Crippen LogP contribution in [0.25, 0.3) is 0 Å². The molecular formula is C19H19N3O6. The molecule has 2 rings (SSSR count). The molecular weight excluding hydrogens is 366 g/mol. The fourth-order valence-electron chi connectivity index (χ4n) is 2.33. The van der Waals surface area contributed by atoms with Crippen molar-refractivity contribution in [2.45, 2.75) is 19.4 Å². The van der Waals surface area contributed by atoms with E-state index in [1.165, 1.54) is 24.3 Å². The van der Waals surface area contributed by atoms with E-state index >= 15 is 0 Å². The number of nitrogens with one attached hydrogen (secondary N) is 2. The smallest absolute Gasteiger partial charge is 0.308 e. The molecule has 0 aliphatic carbocycles. The van der Waals surface area contributed by atoms with E-state index in [-0.39, 0.29) is 23.7 Å². The summed E-state index contributed by atoms with van der Waals surface area (Å²) in [6, 6.07) is 13.7. The molecule has 2 amide bonds. The number of amides is 2. The quantitative estimate of drug-likeness (QED) is 0.408. The van der Waals surface area contributed by atoms with Crippen LogP contribution in [0.3, 0.4) is 0 Å². The van der Waals surface area contributed by atoms with Gasteiger partial charge in [0, 0.05) is 17.7 Å². The van der Waals surface area contributed by atoms with E-state index in [0.29, 0.717) is 5.56 Å². The average Bonchev–Trinajstić information content (AvgIpc) is 2.67. The number of nitrogens with zero attached hydrogens (tertiary/aromatic N) is 1. The van der Waals surface area contributed by atoms with Crippen molar-refractivity contribution in [1.29, 1.82) is 0 Å². The summed E-state index contributed by atoms with van der Waals surface area (Å²) in [6.45, 7) is 1.04. The van der Waals surface area contributed by atoms with Crippen LogP contribution in [0.5, 0.6) is 0 Å². The number of hydrogen-bond donors (Lipinski definition) is 2. The first kappa shape index (κ1) is 20.6. The van der Waals surface area contributed by atoms with E-state index < -0.39 is 29.4 Å². The van der Waals surface area contributed by atoms with Crippen molar-refractivity contribution >= 4 is 29.2 Å². The van der Waals surface area contributed by atoms with Crippen LogP contribution in [0.4, 0.5) is 11.4 Å². The van der Waals surface area contributed by atoms with Crippen LogP contribution in [-0.4, -0.2) is 35.4 Å². The SMILES string of the molecule is CC(CC(=O)OCC(=O)Nc1ccccc1[N+](=O)[O-])NC(=O)c1ccccc1. The molecule has 0 aromatic heterocycles. The molecule has 0 radical (unpaired) electrons. The van der Waals surface area contributed by atoms with Crippen molar-refractivity contribution in [3.63, 3.8) is 0 Å². The molecule has 0 heterocycles. The molecule has 0 aliphatic rings. The highest BCUT2D eigenvalue weighted by Gasteiger charge is 2.17. The monoisotopic (exact) mass is 385 g/mol. The number of ether oxygens (including phenoxy) is 1. The first-order chi connectivity index (χ1) is 13.4. The molecule has 2 N–H and O–H groups in total. The van der Waals surface area contributed by atoms with Crippen molar-refractivity contribution in [3.8, 4) is 0 Å². The second kappa shape index (κ2) is 9.81. The number of nitro benzene ring substituents is 1. The number of para-hydroxylation sites is 2. The molecule has 0 saturated heterocycles. The van der Waals surface area contributed by atoms with Crippen molar-refractivity contribution < 1.29 is 24.0 Å². The largest absolute Gasteiger partial charge is 0.455 e. The topological polar surface area (TPSA) is 128 Å². The molecule has 0 spiro atoms. The van der Waals surface area contributed by atoms with Gasteiger partial charge in [-0.05, 0) is 25.1 Å². The summed E-state index contributed by atoms with van der Waals surface area (Å²) >= 11 is 0. The minimum absolute atomic E-state index is 0.0111. The molecule has 28 heavy (non-hydrogen) atoms. The van der Waals surface area contributed by atoms with Crippen molar-refractivity contribution in [2.24, 2.45) is 0 Å². The van der Waals surface area contributed by atoms with Crippen LogP contribution >= 0.6 is 0 Å². The highest BCUT2D eigenvalue weighted by atomic mass is 16.6. The Morgan fingerprint density at radius 1 is 1.07 bits per heavy atom. The van der Waals surface area contributed by atoms with Crippen LogP contribution in [0.15, 0.2) is 54.6 Å². The normalized spacial score (nSPS) is 11.2. The standard InChI is InChI=1S/C19H19N3O6/c1-13(20-19(25)14-7-3-2-4-8-14)11-18(24)28-12-17(23)21-15-9-5-6-10-16(15)22(26)27/h2-10,13H,11-12H2,1H3,(H,20,25)(H,21,23). The van der Waals surface area contributed by atoms with Gasteiger partial charge in [-0.25, -0.2) is 0 Å². The highest BCUT2D eigenvalue weighted by molar-refractivity contribution is 5.95. The number of anilines is 1. The summed E-state index contributed by atoms with van der Waals surface area (Å²) in [4.78, 5) is 46.0. The summed E-state index contributed by atoms with van der Waals surface area (Å²) in [6.07, 6.45) is -0.128. The van der Waals surface area contributed by atoms with Gasteiger partial charge in [-0.1, -0.05) is 30.3 Å². The zero-order chi connectivity index (χ0) is 20.5. The van der Waals surface area contributed by atoms with Crippen LogP contribution in [-0.2, 0) is 14.3 Å². The lowest BCUT2D eigenvalue weighted by Crippen LogP contribution is -2.35. The Hall–Kier alpha value is -3.75. The summed E-state index contributed by atoms with van der Waals surface area (Å²) in [5.74, 6) is -1.71. The number of hydrogen-bond acceptors (Lipinski definition) is 6. The number of rotatable bonds is 8. The molecule has 2 aromatic carbocycles. The van der Waals surface area contributed by atoms with Crippen LogP contribution < -0.4 is 10.6 Å². The van der Waals surface area contributed by atoms with E-state index in [1.54, 1.807) is 37.3 Å². The predicted octanol–water partition coefficient (Wildman–Crippen LogP) is 2.29. The van der Waals surface area contributed by atoms with Gasteiger partial charge in [0.1, 0.15) is 5.69 Å². The lowest BCUT2D eigenvalue weighted by atomic mass is 10.2. The zero-order valence-corrected chi connectivity index (χ0v) is 15.1. The summed E-state index contributed by atoms with van der Waals surface area (Å²) in [7, 11) is 0. The van der Waals surface area contributed by atoms with Gasteiger partial charge in [-0.15, -0.1) is 0 Å². The van der Waals surface area contributed by atoms with Crippen LogP contribution in [0.2, 0.25) is 0 Å². The van der Waals surface area contributed by atoms with Gasteiger partial charge in [-0.2, -0.15) is 0 Å². The Balaban J connectivity index is 1.78. The highest BCUT2D eigenvalue weighted by Crippen LogP contribution is 2.22.